The first-order valence-electron chi connectivity index (χ1n) is 4.37. The number of benzene rings is 1. The minimum Gasteiger partial charge on any atom is -0.465 e. The lowest BCUT2D eigenvalue weighted by atomic mass is 10.1. The number of anilines is 1. The third-order valence-electron chi connectivity index (χ3n) is 2.29. The fourth-order valence-corrected chi connectivity index (χ4v) is 2.17. The van der Waals surface area contributed by atoms with Crippen LogP contribution in [0.3, 0.4) is 0 Å². The van der Waals surface area contributed by atoms with Crippen LogP contribution in [0.4, 0.5) is 5.69 Å². The zero-order chi connectivity index (χ0) is 10.1. The van der Waals surface area contributed by atoms with Gasteiger partial charge >= 0.3 is 5.97 Å². The van der Waals surface area contributed by atoms with Crippen molar-refractivity contribution in [3.8, 4) is 0 Å². The minimum atomic E-state index is -0.294. The van der Waals surface area contributed by atoms with Crippen LogP contribution in [0.5, 0.6) is 0 Å². The van der Waals surface area contributed by atoms with Gasteiger partial charge < -0.3 is 10.1 Å². The number of nitrogens with one attached hydrogen (secondary N) is 1. The van der Waals surface area contributed by atoms with Crippen molar-refractivity contribution in [2.75, 3.05) is 19.0 Å². The van der Waals surface area contributed by atoms with Gasteiger partial charge in [0.1, 0.15) is 0 Å². The van der Waals surface area contributed by atoms with E-state index in [1.54, 1.807) is 6.07 Å². The first-order valence-corrected chi connectivity index (χ1v) is 5.16. The molecule has 0 saturated carbocycles. The number of halogens is 1. The van der Waals surface area contributed by atoms with Gasteiger partial charge in [0.2, 0.25) is 0 Å². The Balaban J connectivity index is 2.54. The van der Waals surface area contributed by atoms with Crippen molar-refractivity contribution in [2.24, 2.45) is 0 Å². The number of fused-ring (bicyclic) bond motifs is 1. The Morgan fingerprint density at radius 2 is 2.36 bits per heavy atom. The van der Waals surface area contributed by atoms with Gasteiger partial charge in [0, 0.05) is 11.0 Å². The smallest absolute Gasteiger partial charge is 0.340 e. The van der Waals surface area contributed by atoms with E-state index in [0.717, 1.165) is 23.1 Å². The van der Waals surface area contributed by atoms with Crippen LogP contribution in [0.1, 0.15) is 15.9 Å². The maximum absolute atomic E-state index is 11.4. The molecule has 74 valence electrons. The van der Waals surface area contributed by atoms with Crippen molar-refractivity contribution in [2.45, 2.75) is 6.42 Å². The largest absolute Gasteiger partial charge is 0.465 e. The summed E-state index contributed by atoms with van der Waals surface area (Å²) >= 11 is 3.38. The van der Waals surface area contributed by atoms with E-state index in [1.807, 2.05) is 6.07 Å². The molecular weight excluding hydrogens is 246 g/mol. The lowest BCUT2D eigenvalue weighted by Crippen LogP contribution is -2.05. The molecule has 1 aromatic rings. The minimum absolute atomic E-state index is 0.294. The van der Waals surface area contributed by atoms with Crippen LogP contribution < -0.4 is 5.32 Å². The molecule has 1 aliphatic rings. The summed E-state index contributed by atoms with van der Waals surface area (Å²) in [5, 5.41) is 3.19. The molecule has 4 heteroatoms. The Labute approximate surface area is 90.6 Å². The third kappa shape index (κ3) is 1.50. The molecule has 1 aliphatic heterocycles. The molecule has 1 N–H and O–H groups in total. The topological polar surface area (TPSA) is 38.3 Å². The summed E-state index contributed by atoms with van der Waals surface area (Å²) in [7, 11) is 1.39. The highest BCUT2D eigenvalue weighted by Crippen LogP contribution is 2.30. The normalized spacial score (nSPS) is 13.3. The highest BCUT2D eigenvalue weighted by atomic mass is 79.9. The number of ether oxygens (including phenoxy) is 1. The van der Waals surface area contributed by atoms with Crippen LogP contribution in [0.2, 0.25) is 0 Å². The van der Waals surface area contributed by atoms with E-state index in [-0.39, 0.29) is 5.97 Å². The van der Waals surface area contributed by atoms with E-state index in [2.05, 4.69) is 21.2 Å². The van der Waals surface area contributed by atoms with E-state index in [9.17, 15) is 4.79 Å². The third-order valence-corrected chi connectivity index (χ3v) is 2.74. The van der Waals surface area contributed by atoms with Crippen molar-refractivity contribution in [3.63, 3.8) is 0 Å². The second-order valence-electron chi connectivity index (χ2n) is 3.16. The Morgan fingerprint density at radius 3 is 3.07 bits per heavy atom. The average molecular weight is 256 g/mol. The molecule has 0 radical (unpaired) electrons. The predicted molar refractivity (Wildman–Crippen MR) is 57.7 cm³/mol. The summed E-state index contributed by atoms with van der Waals surface area (Å²) in [4.78, 5) is 11.4. The fraction of sp³-hybridized carbons (Fsp3) is 0.300. The monoisotopic (exact) mass is 255 g/mol. The van der Waals surface area contributed by atoms with Gasteiger partial charge in [-0.05, 0) is 24.1 Å². The summed E-state index contributed by atoms with van der Waals surface area (Å²) < 4.78 is 5.63. The number of rotatable bonds is 1. The van der Waals surface area contributed by atoms with Gasteiger partial charge in [-0.15, -0.1) is 0 Å². The van der Waals surface area contributed by atoms with Crippen molar-refractivity contribution in [1.29, 1.82) is 0 Å². The SMILES string of the molecule is COC(=O)c1cc(Br)cc2c1NCC2. The second-order valence-corrected chi connectivity index (χ2v) is 4.07. The molecule has 0 aliphatic carbocycles. The van der Waals surface area contributed by atoms with Crippen LogP contribution in [0, 0.1) is 0 Å². The molecule has 1 aromatic carbocycles. The number of esters is 1. The number of carbonyl (C=O) groups excluding carboxylic acids is 1. The van der Waals surface area contributed by atoms with Crippen LogP contribution in [0.15, 0.2) is 16.6 Å². The molecule has 14 heavy (non-hydrogen) atoms. The first kappa shape index (κ1) is 9.52. The number of hydrogen-bond donors (Lipinski definition) is 1. The van der Waals surface area contributed by atoms with Crippen molar-refractivity contribution in [3.05, 3.63) is 27.7 Å². The summed E-state index contributed by atoms with van der Waals surface area (Å²) in [6, 6.07) is 3.81. The Morgan fingerprint density at radius 1 is 1.57 bits per heavy atom. The maximum Gasteiger partial charge on any atom is 0.340 e. The van der Waals surface area contributed by atoms with Crippen LogP contribution in [0.25, 0.3) is 0 Å². The zero-order valence-corrected chi connectivity index (χ0v) is 9.35. The molecule has 0 bridgehead atoms. The molecule has 0 saturated heterocycles. The van der Waals surface area contributed by atoms with Crippen LogP contribution in [-0.4, -0.2) is 19.6 Å². The highest BCUT2D eigenvalue weighted by molar-refractivity contribution is 9.10. The van der Waals surface area contributed by atoms with E-state index in [1.165, 1.54) is 12.7 Å². The van der Waals surface area contributed by atoms with Gasteiger partial charge in [-0.25, -0.2) is 4.79 Å². The molecule has 1 heterocycles. The van der Waals surface area contributed by atoms with Gasteiger partial charge in [0.25, 0.3) is 0 Å². The fourth-order valence-electron chi connectivity index (χ4n) is 1.66. The maximum atomic E-state index is 11.4. The molecular formula is C10H10BrNO2. The van der Waals surface area contributed by atoms with Gasteiger partial charge in [-0.3, -0.25) is 0 Å². The van der Waals surface area contributed by atoms with Gasteiger partial charge in [-0.2, -0.15) is 0 Å². The molecule has 0 spiro atoms. The van der Waals surface area contributed by atoms with E-state index < -0.39 is 0 Å². The van der Waals surface area contributed by atoms with Gasteiger partial charge in [0.05, 0.1) is 18.4 Å². The summed E-state index contributed by atoms with van der Waals surface area (Å²) in [6.07, 6.45) is 0.957. The van der Waals surface area contributed by atoms with Crippen molar-refractivity contribution in [1.82, 2.24) is 0 Å². The number of carbonyl (C=O) groups is 1. The van der Waals surface area contributed by atoms with Gasteiger partial charge in [-0.1, -0.05) is 15.9 Å². The quantitative estimate of drug-likeness (QED) is 0.783. The standard InChI is InChI=1S/C10H10BrNO2/c1-14-10(13)8-5-7(11)4-6-2-3-12-9(6)8/h4-5,12H,2-3H2,1H3. The van der Waals surface area contributed by atoms with E-state index in [4.69, 9.17) is 4.74 Å². The van der Waals surface area contributed by atoms with Crippen molar-refractivity contribution < 1.29 is 9.53 Å². The zero-order valence-electron chi connectivity index (χ0n) is 7.76. The second kappa shape index (κ2) is 3.61. The van der Waals surface area contributed by atoms with Crippen LogP contribution >= 0.6 is 15.9 Å². The molecule has 2 rings (SSSR count). The first-order chi connectivity index (χ1) is 6.72. The van der Waals surface area contributed by atoms with Gasteiger partial charge in [0.15, 0.2) is 0 Å². The lowest BCUT2D eigenvalue weighted by Gasteiger charge is -2.07. The molecule has 0 aromatic heterocycles. The average Bonchev–Trinajstić information content (AvgIpc) is 2.62. The number of hydrogen-bond acceptors (Lipinski definition) is 3. The highest BCUT2D eigenvalue weighted by Gasteiger charge is 2.19. The Bertz CT molecular complexity index is 390. The van der Waals surface area contributed by atoms with E-state index in [0.29, 0.717) is 5.56 Å². The Hall–Kier alpha value is -1.03. The number of methoxy groups -OCH3 is 1. The predicted octanol–water partition coefficient (Wildman–Crippen LogP) is 2.20. The molecule has 3 nitrogen and oxygen atoms in total. The summed E-state index contributed by atoms with van der Waals surface area (Å²) in [6.45, 7) is 0.885. The molecule has 0 fully saturated rings. The van der Waals surface area contributed by atoms with E-state index >= 15 is 0 Å². The van der Waals surface area contributed by atoms with Crippen LogP contribution in [-0.2, 0) is 11.2 Å². The molecule has 0 amide bonds. The Kier molecular flexibility index (Phi) is 2.46. The lowest BCUT2D eigenvalue weighted by molar-refractivity contribution is 0.0602. The molecule has 0 atom stereocenters. The summed E-state index contributed by atoms with van der Waals surface area (Å²) in [5.41, 5.74) is 2.69. The summed E-state index contributed by atoms with van der Waals surface area (Å²) in [5.74, 6) is -0.294. The van der Waals surface area contributed by atoms with Crippen molar-refractivity contribution >= 4 is 27.6 Å². The molecule has 0 unspecified atom stereocenters.